The van der Waals surface area contributed by atoms with Crippen LogP contribution in [0, 0.1) is 0 Å². The zero-order chi connectivity index (χ0) is 16.4. The van der Waals surface area contributed by atoms with Crippen LogP contribution < -0.4 is 5.32 Å². The summed E-state index contributed by atoms with van der Waals surface area (Å²) < 4.78 is 7.19. The quantitative estimate of drug-likeness (QED) is 0.613. The van der Waals surface area contributed by atoms with Crippen molar-refractivity contribution in [3.8, 4) is 0 Å². The first-order valence-electron chi connectivity index (χ1n) is 7.82. The van der Waals surface area contributed by atoms with Gasteiger partial charge in [0.25, 0.3) is 0 Å². The van der Waals surface area contributed by atoms with Crippen molar-refractivity contribution in [1.29, 1.82) is 0 Å². The van der Waals surface area contributed by atoms with Crippen molar-refractivity contribution in [3.63, 3.8) is 0 Å². The first kappa shape index (κ1) is 14.4. The van der Waals surface area contributed by atoms with Gasteiger partial charge in [-0.05, 0) is 24.3 Å². The first-order valence-corrected chi connectivity index (χ1v) is 7.82. The van der Waals surface area contributed by atoms with E-state index in [-0.39, 0.29) is 12.3 Å². The Morgan fingerprint density at radius 1 is 1.17 bits per heavy atom. The number of benzene rings is 1. The van der Waals surface area contributed by atoms with Gasteiger partial charge in [0.1, 0.15) is 11.3 Å². The molecule has 4 aromatic rings. The first-order chi connectivity index (χ1) is 11.8. The third-order valence-corrected chi connectivity index (χ3v) is 3.90. The lowest BCUT2D eigenvalue weighted by molar-refractivity contribution is -0.120. The molecule has 0 saturated carbocycles. The number of pyridine rings is 1. The minimum atomic E-state index is -0.0715. The Morgan fingerprint density at radius 3 is 2.96 bits per heavy atom. The van der Waals surface area contributed by atoms with E-state index in [4.69, 9.17) is 4.52 Å². The molecule has 3 heterocycles. The van der Waals surface area contributed by atoms with Crippen LogP contribution in [-0.4, -0.2) is 27.0 Å². The van der Waals surface area contributed by atoms with Crippen molar-refractivity contribution in [2.75, 3.05) is 6.54 Å². The van der Waals surface area contributed by atoms with E-state index in [2.05, 4.69) is 15.5 Å². The second-order valence-corrected chi connectivity index (χ2v) is 5.60. The Bertz CT molecular complexity index is 969. The van der Waals surface area contributed by atoms with E-state index in [1.54, 1.807) is 0 Å². The molecule has 0 atom stereocenters. The lowest BCUT2D eigenvalue weighted by atomic mass is 10.1. The summed E-state index contributed by atoms with van der Waals surface area (Å²) >= 11 is 0. The van der Waals surface area contributed by atoms with Crippen molar-refractivity contribution < 1.29 is 9.32 Å². The monoisotopic (exact) mass is 320 g/mol. The fourth-order valence-corrected chi connectivity index (χ4v) is 2.72. The molecular weight excluding hydrogens is 304 g/mol. The summed E-state index contributed by atoms with van der Waals surface area (Å²) in [6, 6.07) is 13.4. The molecule has 1 amide bonds. The van der Waals surface area contributed by atoms with E-state index < -0.39 is 0 Å². The zero-order valence-electron chi connectivity index (χ0n) is 13.0. The lowest BCUT2D eigenvalue weighted by Crippen LogP contribution is -2.27. The molecule has 0 bridgehead atoms. The van der Waals surface area contributed by atoms with Crippen LogP contribution in [0.5, 0.6) is 0 Å². The van der Waals surface area contributed by atoms with Crippen molar-refractivity contribution >= 4 is 22.5 Å². The van der Waals surface area contributed by atoms with E-state index in [1.807, 2.05) is 59.3 Å². The fraction of sp³-hybridized carbons (Fsp3) is 0.167. The van der Waals surface area contributed by atoms with Crippen molar-refractivity contribution in [2.45, 2.75) is 12.8 Å². The number of para-hydroxylation sites is 1. The molecule has 24 heavy (non-hydrogen) atoms. The Labute approximate surface area is 138 Å². The highest BCUT2D eigenvalue weighted by Gasteiger charge is 2.11. The number of fused-ring (bicyclic) bond motifs is 2. The summed E-state index contributed by atoms with van der Waals surface area (Å²) in [6.45, 7) is 0.540. The van der Waals surface area contributed by atoms with Crippen LogP contribution in [0.3, 0.4) is 0 Å². The van der Waals surface area contributed by atoms with Crippen LogP contribution in [-0.2, 0) is 17.6 Å². The van der Waals surface area contributed by atoms with Gasteiger partial charge < -0.3 is 14.2 Å². The topological polar surface area (TPSA) is 72.4 Å². The van der Waals surface area contributed by atoms with Crippen LogP contribution in [0.4, 0.5) is 0 Å². The zero-order valence-corrected chi connectivity index (χ0v) is 13.0. The van der Waals surface area contributed by atoms with Gasteiger partial charge >= 0.3 is 0 Å². The molecule has 0 aliphatic heterocycles. The van der Waals surface area contributed by atoms with E-state index >= 15 is 0 Å². The van der Waals surface area contributed by atoms with Gasteiger partial charge in [0.2, 0.25) is 5.91 Å². The number of aromatic nitrogens is 3. The Hall–Kier alpha value is -3.15. The summed E-state index contributed by atoms with van der Waals surface area (Å²) in [5, 5.41) is 7.77. The average Bonchev–Trinajstić information content (AvgIpc) is 3.19. The molecule has 6 heteroatoms. The number of hydrogen-bond acceptors (Lipinski definition) is 4. The third kappa shape index (κ3) is 2.86. The van der Waals surface area contributed by atoms with Crippen LogP contribution in [0.15, 0.2) is 59.4 Å². The number of nitrogens with one attached hydrogen (secondary N) is 1. The normalized spacial score (nSPS) is 11.2. The molecule has 6 nitrogen and oxygen atoms in total. The molecule has 0 aliphatic carbocycles. The molecule has 0 radical (unpaired) electrons. The van der Waals surface area contributed by atoms with Crippen LogP contribution in [0.25, 0.3) is 16.6 Å². The second-order valence-electron chi connectivity index (χ2n) is 5.60. The largest absolute Gasteiger partial charge is 0.356 e. The molecule has 0 fully saturated rings. The molecule has 1 aromatic carbocycles. The maximum atomic E-state index is 12.1. The minimum absolute atomic E-state index is 0.0715. The summed E-state index contributed by atoms with van der Waals surface area (Å²) in [7, 11) is 0. The van der Waals surface area contributed by atoms with E-state index in [0.29, 0.717) is 24.2 Å². The van der Waals surface area contributed by atoms with Crippen molar-refractivity contribution in [1.82, 2.24) is 19.9 Å². The molecule has 3 aromatic heterocycles. The predicted molar refractivity (Wildman–Crippen MR) is 89.6 cm³/mol. The highest BCUT2D eigenvalue weighted by atomic mass is 16.5. The van der Waals surface area contributed by atoms with Crippen LogP contribution in [0.1, 0.15) is 11.4 Å². The molecule has 120 valence electrons. The second kappa shape index (κ2) is 6.16. The Morgan fingerprint density at radius 2 is 2.04 bits per heavy atom. The standard InChI is InChI=1S/C18H16N4O2/c23-18(11-15-14-5-1-2-6-16(14)24-21-15)19-9-8-13-12-22-10-4-3-7-17(22)20-13/h1-7,10,12H,8-9,11H2,(H,19,23). The molecule has 4 rings (SSSR count). The number of amides is 1. The third-order valence-electron chi connectivity index (χ3n) is 3.90. The van der Waals surface area contributed by atoms with Gasteiger partial charge in [0.15, 0.2) is 5.58 Å². The highest BCUT2D eigenvalue weighted by molar-refractivity contribution is 5.86. The maximum Gasteiger partial charge on any atom is 0.226 e. The highest BCUT2D eigenvalue weighted by Crippen LogP contribution is 2.17. The molecule has 0 aliphatic rings. The number of nitrogens with zero attached hydrogens (tertiary/aromatic N) is 3. The van der Waals surface area contributed by atoms with Gasteiger partial charge in [-0.3, -0.25) is 4.79 Å². The number of hydrogen-bond donors (Lipinski definition) is 1. The molecule has 1 N–H and O–H groups in total. The fourth-order valence-electron chi connectivity index (χ4n) is 2.72. The summed E-state index contributed by atoms with van der Waals surface area (Å²) in [6.07, 6.45) is 4.84. The van der Waals surface area contributed by atoms with Gasteiger partial charge in [-0.15, -0.1) is 0 Å². The molecule has 0 saturated heterocycles. The van der Waals surface area contributed by atoms with Gasteiger partial charge in [0.05, 0.1) is 12.1 Å². The van der Waals surface area contributed by atoms with E-state index in [0.717, 1.165) is 16.7 Å². The van der Waals surface area contributed by atoms with Gasteiger partial charge in [-0.2, -0.15) is 0 Å². The van der Waals surface area contributed by atoms with Crippen molar-refractivity contribution in [2.24, 2.45) is 0 Å². The minimum Gasteiger partial charge on any atom is -0.356 e. The molecular formula is C18H16N4O2. The van der Waals surface area contributed by atoms with Gasteiger partial charge in [-0.1, -0.05) is 23.4 Å². The van der Waals surface area contributed by atoms with Crippen molar-refractivity contribution in [3.05, 3.63) is 66.2 Å². The van der Waals surface area contributed by atoms with Crippen LogP contribution >= 0.6 is 0 Å². The maximum absolute atomic E-state index is 12.1. The van der Waals surface area contributed by atoms with Crippen LogP contribution in [0.2, 0.25) is 0 Å². The van der Waals surface area contributed by atoms with Gasteiger partial charge in [0, 0.05) is 30.7 Å². The predicted octanol–water partition coefficient (Wildman–Crippen LogP) is 2.38. The summed E-state index contributed by atoms with van der Waals surface area (Å²) in [5.74, 6) is -0.0715. The average molecular weight is 320 g/mol. The van der Waals surface area contributed by atoms with E-state index in [1.165, 1.54) is 0 Å². The summed E-state index contributed by atoms with van der Waals surface area (Å²) in [5.41, 5.74) is 3.22. The number of imidazole rings is 1. The van der Waals surface area contributed by atoms with Gasteiger partial charge in [-0.25, -0.2) is 4.98 Å². The molecule has 0 unspecified atom stereocenters. The Kier molecular flexibility index (Phi) is 3.70. The number of carbonyl (C=O) groups is 1. The summed E-state index contributed by atoms with van der Waals surface area (Å²) in [4.78, 5) is 16.6. The lowest BCUT2D eigenvalue weighted by Gasteiger charge is -2.02. The number of rotatable bonds is 5. The smallest absolute Gasteiger partial charge is 0.226 e. The number of carbonyl (C=O) groups excluding carboxylic acids is 1. The SMILES string of the molecule is O=C(Cc1noc2ccccc12)NCCc1cn2ccccc2n1. The Balaban J connectivity index is 1.35. The molecule has 0 spiro atoms. The van der Waals surface area contributed by atoms with E-state index in [9.17, 15) is 4.79 Å².